The molecule has 0 saturated carbocycles. The smallest absolute Gasteiger partial charge is 0.250 e. The standard InChI is InChI=1S/C29H23N3O2S/c33-26(23-11-5-6-14-30-23)25-24(20-13-12-18-7-1-2-8-19(18)17-20)27-32(15-16-35-27)29(25)21-9-3-4-10-22(21)31-28(29)34/h1-14,17,24-25,27H,15-16H2,(H,31,34)/t24-,25+,27+,29-/m0/s1. The van der Waals surface area contributed by atoms with Crippen LogP contribution in [0.3, 0.4) is 0 Å². The molecule has 4 atom stereocenters. The number of para-hydroxylation sites is 1. The Labute approximate surface area is 207 Å². The van der Waals surface area contributed by atoms with Gasteiger partial charge in [0.05, 0.1) is 11.3 Å². The van der Waals surface area contributed by atoms with Crippen LogP contribution in [0.15, 0.2) is 91.1 Å². The van der Waals surface area contributed by atoms with E-state index in [1.165, 1.54) is 0 Å². The number of amides is 1. The first kappa shape index (κ1) is 20.9. The summed E-state index contributed by atoms with van der Waals surface area (Å²) in [5, 5.41) is 5.44. The number of rotatable bonds is 3. The minimum atomic E-state index is -1.06. The highest BCUT2D eigenvalue weighted by Gasteiger charge is 2.69. The number of nitrogens with one attached hydrogen (secondary N) is 1. The minimum absolute atomic E-state index is 0.0192. The van der Waals surface area contributed by atoms with Crippen LogP contribution in [0.5, 0.6) is 0 Å². The molecule has 0 bridgehead atoms. The van der Waals surface area contributed by atoms with Gasteiger partial charge in [-0.2, -0.15) is 0 Å². The normalized spacial score (nSPS) is 27.2. The fourth-order valence-electron chi connectivity index (χ4n) is 6.42. The molecule has 1 spiro atoms. The molecule has 2 fully saturated rings. The fourth-order valence-corrected chi connectivity index (χ4v) is 7.93. The van der Waals surface area contributed by atoms with Crippen molar-refractivity contribution in [2.24, 2.45) is 5.92 Å². The van der Waals surface area contributed by atoms with Crippen molar-refractivity contribution in [2.45, 2.75) is 16.8 Å². The molecule has 0 aliphatic carbocycles. The Morgan fingerprint density at radius 1 is 0.971 bits per heavy atom. The first-order chi connectivity index (χ1) is 17.2. The first-order valence-electron chi connectivity index (χ1n) is 11.9. The predicted octanol–water partition coefficient (Wildman–Crippen LogP) is 5.05. The molecule has 3 aliphatic rings. The second-order valence-corrected chi connectivity index (χ2v) is 10.6. The summed E-state index contributed by atoms with van der Waals surface area (Å²) < 4.78 is 0. The Bertz CT molecular complexity index is 1490. The third-order valence-electron chi connectivity index (χ3n) is 7.79. The molecule has 7 rings (SSSR count). The maximum atomic E-state index is 14.4. The lowest BCUT2D eigenvalue weighted by atomic mass is 9.70. The second-order valence-electron chi connectivity index (χ2n) is 9.41. The van der Waals surface area contributed by atoms with Gasteiger partial charge < -0.3 is 5.32 Å². The van der Waals surface area contributed by atoms with Crippen LogP contribution in [0.1, 0.15) is 27.5 Å². The molecular formula is C29H23N3O2S. The van der Waals surface area contributed by atoms with Gasteiger partial charge in [-0.1, -0.05) is 66.7 Å². The van der Waals surface area contributed by atoms with E-state index in [1.54, 1.807) is 12.3 Å². The molecule has 3 aliphatic heterocycles. The molecule has 4 heterocycles. The number of ketones is 1. The Kier molecular flexibility index (Phi) is 4.63. The van der Waals surface area contributed by atoms with Crippen molar-refractivity contribution in [3.8, 4) is 0 Å². The topological polar surface area (TPSA) is 62.3 Å². The number of thioether (sulfide) groups is 1. The Hall–Kier alpha value is -3.48. The average molecular weight is 478 g/mol. The van der Waals surface area contributed by atoms with Crippen LogP contribution in [0.25, 0.3) is 10.8 Å². The fraction of sp³-hybridized carbons (Fsp3) is 0.207. The van der Waals surface area contributed by atoms with Crippen molar-refractivity contribution < 1.29 is 9.59 Å². The molecule has 35 heavy (non-hydrogen) atoms. The zero-order chi connectivity index (χ0) is 23.6. The van der Waals surface area contributed by atoms with Gasteiger partial charge in [0.25, 0.3) is 0 Å². The van der Waals surface area contributed by atoms with Crippen LogP contribution < -0.4 is 5.32 Å². The third kappa shape index (κ3) is 2.84. The van der Waals surface area contributed by atoms with E-state index < -0.39 is 11.5 Å². The third-order valence-corrected chi connectivity index (χ3v) is 9.10. The summed E-state index contributed by atoms with van der Waals surface area (Å²) in [6.07, 6.45) is 1.65. The number of nitrogens with zero attached hydrogens (tertiary/aromatic N) is 2. The van der Waals surface area contributed by atoms with Crippen LogP contribution in [0, 0.1) is 5.92 Å². The Morgan fingerprint density at radius 2 is 1.77 bits per heavy atom. The van der Waals surface area contributed by atoms with Crippen molar-refractivity contribution in [3.63, 3.8) is 0 Å². The molecular weight excluding hydrogens is 454 g/mol. The van der Waals surface area contributed by atoms with Gasteiger partial charge in [-0.3, -0.25) is 19.5 Å². The van der Waals surface area contributed by atoms with Gasteiger partial charge in [0.1, 0.15) is 11.2 Å². The Balaban J connectivity index is 1.49. The first-order valence-corrected chi connectivity index (χ1v) is 13.0. The van der Waals surface area contributed by atoms with Gasteiger partial charge >= 0.3 is 0 Å². The number of hydrogen-bond acceptors (Lipinski definition) is 5. The quantitative estimate of drug-likeness (QED) is 0.418. The molecule has 1 amide bonds. The number of benzene rings is 3. The number of anilines is 1. The predicted molar refractivity (Wildman–Crippen MR) is 138 cm³/mol. The largest absolute Gasteiger partial charge is 0.324 e. The summed E-state index contributed by atoms with van der Waals surface area (Å²) in [6.45, 7) is 0.757. The number of carbonyl (C=O) groups excluding carboxylic acids is 2. The van der Waals surface area contributed by atoms with Crippen molar-refractivity contribution in [2.75, 3.05) is 17.6 Å². The zero-order valence-electron chi connectivity index (χ0n) is 18.9. The average Bonchev–Trinajstić information content (AvgIpc) is 3.57. The van der Waals surface area contributed by atoms with Gasteiger partial charge in [-0.05, 0) is 34.5 Å². The summed E-state index contributed by atoms with van der Waals surface area (Å²) in [6, 6.07) is 28.0. The molecule has 2 saturated heterocycles. The molecule has 0 unspecified atom stereocenters. The van der Waals surface area contributed by atoms with E-state index in [0.717, 1.165) is 39.9 Å². The minimum Gasteiger partial charge on any atom is -0.324 e. The molecule has 0 radical (unpaired) electrons. The molecule has 4 aromatic rings. The van der Waals surface area contributed by atoms with Crippen LogP contribution >= 0.6 is 11.8 Å². The highest BCUT2D eigenvalue weighted by Crippen LogP contribution is 2.62. The molecule has 1 N–H and O–H groups in total. The summed E-state index contributed by atoms with van der Waals surface area (Å²) >= 11 is 1.85. The highest BCUT2D eigenvalue weighted by molar-refractivity contribution is 8.00. The number of hydrogen-bond donors (Lipinski definition) is 1. The van der Waals surface area contributed by atoms with Crippen molar-refractivity contribution >= 4 is 39.9 Å². The van der Waals surface area contributed by atoms with Gasteiger partial charge in [-0.15, -0.1) is 11.8 Å². The summed E-state index contributed by atoms with van der Waals surface area (Å²) in [4.78, 5) is 35.1. The maximum Gasteiger partial charge on any atom is 0.250 e. The summed E-state index contributed by atoms with van der Waals surface area (Å²) in [7, 11) is 0. The summed E-state index contributed by atoms with van der Waals surface area (Å²) in [5.41, 5.74) is 2.14. The number of pyridine rings is 1. The van der Waals surface area contributed by atoms with Gasteiger partial charge in [0.2, 0.25) is 5.91 Å². The number of aromatic nitrogens is 1. The molecule has 6 heteroatoms. The van der Waals surface area contributed by atoms with E-state index in [2.05, 4.69) is 45.5 Å². The number of carbonyl (C=O) groups is 2. The lowest BCUT2D eigenvalue weighted by molar-refractivity contribution is -0.127. The van der Waals surface area contributed by atoms with Crippen LogP contribution in [-0.4, -0.2) is 39.2 Å². The monoisotopic (exact) mass is 477 g/mol. The lowest BCUT2D eigenvalue weighted by Crippen LogP contribution is -2.53. The van der Waals surface area contributed by atoms with E-state index >= 15 is 0 Å². The maximum absolute atomic E-state index is 14.4. The Morgan fingerprint density at radius 3 is 2.63 bits per heavy atom. The number of fused-ring (bicyclic) bond motifs is 5. The summed E-state index contributed by atoms with van der Waals surface area (Å²) in [5.74, 6) is -0.0101. The molecule has 5 nitrogen and oxygen atoms in total. The van der Waals surface area contributed by atoms with Crippen LogP contribution in [-0.2, 0) is 10.3 Å². The second kappa shape index (κ2) is 7.77. The highest BCUT2D eigenvalue weighted by atomic mass is 32.2. The van der Waals surface area contributed by atoms with E-state index in [0.29, 0.717) is 5.69 Å². The molecule has 172 valence electrons. The van der Waals surface area contributed by atoms with E-state index in [4.69, 9.17) is 0 Å². The van der Waals surface area contributed by atoms with Gasteiger partial charge in [0, 0.05) is 35.7 Å². The van der Waals surface area contributed by atoms with Crippen molar-refractivity contribution in [3.05, 3.63) is 108 Å². The van der Waals surface area contributed by atoms with Crippen LogP contribution in [0.2, 0.25) is 0 Å². The van der Waals surface area contributed by atoms with E-state index in [1.807, 2.05) is 60.3 Å². The van der Waals surface area contributed by atoms with E-state index in [-0.39, 0.29) is 23.0 Å². The van der Waals surface area contributed by atoms with Crippen molar-refractivity contribution in [1.29, 1.82) is 0 Å². The van der Waals surface area contributed by atoms with Crippen LogP contribution in [0.4, 0.5) is 5.69 Å². The zero-order valence-corrected chi connectivity index (χ0v) is 19.7. The van der Waals surface area contributed by atoms with E-state index in [9.17, 15) is 9.59 Å². The molecule has 3 aromatic carbocycles. The van der Waals surface area contributed by atoms with Gasteiger partial charge in [0.15, 0.2) is 5.78 Å². The van der Waals surface area contributed by atoms with Crippen molar-refractivity contribution in [1.82, 2.24) is 9.88 Å². The van der Waals surface area contributed by atoms with Gasteiger partial charge in [-0.25, -0.2) is 0 Å². The number of Topliss-reactive ketones (excluding diaryl/α,β-unsaturated/α-hetero) is 1. The lowest BCUT2D eigenvalue weighted by Gasteiger charge is -2.36. The molecule has 1 aromatic heterocycles. The SMILES string of the molecule is O=C(c1ccccn1)[C@H]1[C@H](c2ccc3ccccc3c2)[C@H]2SCCN2[C@]12C(=O)Nc1ccccc12.